The first-order valence-electron chi connectivity index (χ1n) is 6.43. The fourth-order valence-electron chi connectivity index (χ4n) is 2.09. The molecule has 0 aliphatic carbocycles. The Morgan fingerprint density at radius 1 is 1.37 bits per heavy atom. The number of methoxy groups -OCH3 is 1. The van der Waals surface area contributed by atoms with Gasteiger partial charge in [-0.2, -0.15) is 0 Å². The van der Waals surface area contributed by atoms with E-state index in [1.165, 1.54) is 0 Å². The van der Waals surface area contributed by atoms with E-state index in [0.717, 1.165) is 34.1 Å². The van der Waals surface area contributed by atoms with Crippen molar-refractivity contribution in [2.75, 3.05) is 13.7 Å². The number of fused-ring (bicyclic) bond motifs is 1. The molecule has 0 saturated carbocycles. The van der Waals surface area contributed by atoms with Crippen LogP contribution in [0, 0.1) is 5.92 Å². The highest BCUT2D eigenvalue weighted by Crippen LogP contribution is 2.29. The number of nitrogens with zero attached hydrogens (tertiary/aromatic N) is 1. The lowest BCUT2D eigenvalue weighted by molar-refractivity contribution is 0.174. The van der Waals surface area contributed by atoms with Crippen LogP contribution in [0.15, 0.2) is 34.8 Å². The fraction of sp³-hybridized carbons (Fsp3) is 0.400. The molecule has 2 unspecified atom stereocenters. The molecule has 102 valence electrons. The Morgan fingerprint density at radius 3 is 2.84 bits per heavy atom. The maximum absolute atomic E-state index is 6.32. The first kappa shape index (κ1) is 14.4. The van der Waals surface area contributed by atoms with Crippen molar-refractivity contribution in [2.24, 2.45) is 11.7 Å². The fourth-order valence-corrected chi connectivity index (χ4v) is 2.69. The van der Waals surface area contributed by atoms with E-state index in [-0.39, 0.29) is 6.04 Å². The van der Waals surface area contributed by atoms with Crippen molar-refractivity contribution in [3.05, 3.63) is 40.5 Å². The van der Waals surface area contributed by atoms with Gasteiger partial charge in [0.15, 0.2) is 0 Å². The molecule has 0 aliphatic heterocycles. The topological polar surface area (TPSA) is 48.1 Å². The quantitative estimate of drug-likeness (QED) is 0.913. The molecule has 2 aromatic rings. The Hall–Kier alpha value is -0.970. The van der Waals surface area contributed by atoms with Gasteiger partial charge < -0.3 is 10.5 Å². The minimum absolute atomic E-state index is 0.0888. The molecule has 4 heteroatoms. The predicted octanol–water partition coefficient (Wildman–Crippen LogP) is 3.67. The van der Waals surface area contributed by atoms with Crippen LogP contribution in [0.1, 0.15) is 25.1 Å². The monoisotopic (exact) mass is 322 g/mol. The van der Waals surface area contributed by atoms with Crippen molar-refractivity contribution in [3.8, 4) is 0 Å². The van der Waals surface area contributed by atoms with Crippen molar-refractivity contribution in [1.29, 1.82) is 0 Å². The summed E-state index contributed by atoms with van der Waals surface area (Å²) in [7, 11) is 1.71. The molecule has 0 saturated heterocycles. The molecule has 3 nitrogen and oxygen atoms in total. The molecule has 0 amide bonds. The predicted molar refractivity (Wildman–Crippen MR) is 82.0 cm³/mol. The highest BCUT2D eigenvalue weighted by molar-refractivity contribution is 9.10. The summed E-state index contributed by atoms with van der Waals surface area (Å²) < 4.78 is 6.09. The van der Waals surface area contributed by atoms with E-state index in [2.05, 4.69) is 35.0 Å². The zero-order chi connectivity index (χ0) is 13.8. The number of nitrogens with two attached hydrogens (primary N) is 1. The van der Waals surface area contributed by atoms with E-state index in [1.54, 1.807) is 7.11 Å². The number of pyridine rings is 1. The number of benzene rings is 1. The number of ether oxygens (including phenoxy) is 1. The van der Waals surface area contributed by atoms with Crippen LogP contribution in [-0.4, -0.2) is 18.7 Å². The number of hydrogen-bond donors (Lipinski definition) is 1. The van der Waals surface area contributed by atoms with Crippen LogP contribution in [0.25, 0.3) is 10.9 Å². The van der Waals surface area contributed by atoms with Gasteiger partial charge in [-0.25, -0.2) is 4.98 Å². The number of para-hydroxylation sites is 1. The number of hydrogen-bond acceptors (Lipinski definition) is 3. The highest BCUT2D eigenvalue weighted by atomic mass is 79.9. The van der Waals surface area contributed by atoms with E-state index in [4.69, 9.17) is 15.5 Å². The third-order valence-electron chi connectivity index (χ3n) is 3.41. The summed E-state index contributed by atoms with van der Waals surface area (Å²) in [5, 5.41) is 1.12. The second-order valence-electron chi connectivity index (χ2n) is 4.83. The number of halogens is 1. The first-order valence-corrected chi connectivity index (χ1v) is 7.22. The molecule has 0 bridgehead atoms. The van der Waals surface area contributed by atoms with Crippen molar-refractivity contribution >= 4 is 26.8 Å². The van der Waals surface area contributed by atoms with E-state index < -0.39 is 0 Å². The average molecular weight is 323 g/mol. The molecule has 0 spiro atoms. The molecule has 0 aliphatic rings. The minimum Gasteiger partial charge on any atom is -0.385 e. The number of aromatic nitrogens is 1. The summed E-state index contributed by atoms with van der Waals surface area (Å²) in [6.07, 6.45) is 0.929. The molecule has 19 heavy (non-hydrogen) atoms. The van der Waals surface area contributed by atoms with Crippen molar-refractivity contribution in [2.45, 2.75) is 19.4 Å². The third-order valence-corrected chi connectivity index (χ3v) is 4.05. The van der Waals surface area contributed by atoms with Gasteiger partial charge in [0.05, 0.1) is 17.3 Å². The Kier molecular flexibility index (Phi) is 4.91. The Bertz CT molecular complexity index is 559. The van der Waals surface area contributed by atoms with Crippen LogP contribution in [0.2, 0.25) is 0 Å². The summed E-state index contributed by atoms with van der Waals surface area (Å²) in [6, 6.07) is 10.1. The molecular weight excluding hydrogens is 304 g/mol. The Morgan fingerprint density at radius 2 is 2.11 bits per heavy atom. The SMILES string of the molecule is COCCC(C)C(N)c1nc2ccccc2cc1Br. The highest BCUT2D eigenvalue weighted by Gasteiger charge is 2.19. The van der Waals surface area contributed by atoms with Crippen LogP contribution in [0.4, 0.5) is 0 Å². The lowest BCUT2D eigenvalue weighted by Crippen LogP contribution is -2.22. The molecule has 2 atom stereocenters. The second kappa shape index (κ2) is 6.46. The standard InChI is InChI=1S/C15H19BrN2O/c1-10(7-8-19-2)14(17)15-12(16)9-11-5-3-4-6-13(11)18-15/h3-6,9-10,14H,7-8,17H2,1-2H3. The Labute approximate surface area is 122 Å². The van der Waals surface area contributed by atoms with Crippen molar-refractivity contribution < 1.29 is 4.74 Å². The summed E-state index contributed by atoms with van der Waals surface area (Å²) in [4.78, 5) is 4.69. The lowest BCUT2D eigenvalue weighted by Gasteiger charge is -2.20. The molecule has 1 heterocycles. The summed E-state index contributed by atoms with van der Waals surface area (Å²) in [6.45, 7) is 2.85. The van der Waals surface area contributed by atoms with E-state index in [9.17, 15) is 0 Å². The van der Waals surface area contributed by atoms with E-state index in [0.29, 0.717) is 5.92 Å². The van der Waals surface area contributed by atoms with Gasteiger partial charge in [-0.15, -0.1) is 0 Å². The smallest absolute Gasteiger partial charge is 0.0723 e. The van der Waals surface area contributed by atoms with Crippen LogP contribution in [0.3, 0.4) is 0 Å². The normalized spacial score (nSPS) is 14.5. The largest absolute Gasteiger partial charge is 0.385 e. The maximum Gasteiger partial charge on any atom is 0.0723 e. The van der Waals surface area contributed by atoms with Crippen LogP contribution in [-0.2, 0) is 4.74 Å². The van der Waals surface area contributed by atoms with E-state index in [1.807, 2.05) is 18.2 Å². The molecular formula is C15H19BrN2O. The van der Waals surface area contributed by atoms with Crippen LogP contribution < -0.4 is 5.73 Å². The lowest BCUT2D eigenvalue weighted by atomic mass is 9.96. The zero-order valence-corrected chi connectivity index (χ0v) is 12.9. The Balaban J connectivity index is 2.30. The van der Waals surface area contributed by atoms with Crippen molar-refractivity contribution in [1.82, 2.24) is 4.98 Å². The molecule has 2 rings (SSSR count). The summed E-state index contributed by atoms with van der Waals surface area (Å²) in [5.74, 6) is 0.324. The molecule has 1 aromatic carbocycles. The maximum atomic E-state index is 6.32. The van der Waals surface area contributed by atoms with Gasteiger partial charge in [0.2, 0.25) is 0 Å². The van der Waals surface area contributed by atoms with Gasteiger partial charge in [0, 0.05) is 23.6 Å². The van der Waals surface area contributed by atoms with Crippen LogP contribution in [0.5, 0.6) is 0 Å². The second-order valence-corrected chi connectivity index (χ2v) is 5.69. The molecule has 0 radical (unpaired) electrons. The molecule has 2 N–H and O–H groups in total. The van der Waals surface area contributed by atoms with Gasteiger partial charge in [-0.1, -0.05) is 25.1 Å². The van der Waals surface area contributed by atoms with Gasteiger partial charge in [-0.05, 0) is 40.4 Å². The van der Waals surface area contributed by atoms with Crippen LogP contribution >= 0.6 is 15.9 Å². The van der Waals surface area contributed by atoms with E-state index >= 15 is 0 Å². The van der Waals surface area contributed by atoms with Gasteiger partial charge in [0.25, 0.3) is 0 Å². The molecule has 0 fully saturated rings. The summed E-state index contributed by atoms with van der Waals surface area (Å²) in [5.41, 5.74) is 8.22. The first-order chi connectivity index (χ1) is 9.13. The molecule has 1 aromatic heterocycles. The van der Waals surface area contributed by atoms with Crippen molar-refractivity contribution in [3.63, 3.8) is 0 Å². The van der Waals surface area contributed by atoms with Gasteiger partial charge in [0.1, 0.15) is 0 Å². The van der Waals surface area contributed by atoms with Gasteiger partial charge in [-0.3, -0.25) is 0 Å². The van der Waals surface area contributed by atoms with Gasteiger partial charge >= 0.3 is 0 Å². The summed E-state index contributed by atoms with van der Waals surface area (Å²) >= 11 is 3.58. The minimum atomic E-state index is -0.0888. The number of rotatable bonds is 5. The average Bonchev–Trinajstić information content (AvgIpc) is 2.43. The third kappa shape index (κ3) is 3.32. The zero-order valence-electron chi connectivity index (χ0n) is 11.3.